The van der Waals surface area contributed by atoms with Crippen LogP contribution in [0.2, 0.25) is 0 Å². The molecule has 0 aromatic heterocycles. The zero-order valence-electron chi connectivity index (χ0n) is 8.90. The number of carbonyl (C=O) groups is 1. The van der Waals surface area contributed by atoms with Gasteiger partial charge in [0.15, 0.2) is 0 Å². The van der Waals surface area contributed by atoms with Gasteiger partial charge in [0.25, 0.3) is 0 Å². The number of carbonyl (C=O) groups excluding carboxylic acids is 1. The van der Waals surface area contributed by atoms with Crippen molar-refractivity contribution in [1.29, 1.82) is 0 Å². The van der Waals surface area contributed by atoms with Crippen LogP contribution < -0.4 is 0 Å². The zero-order valence-corrected chi connectivity index (χ0v) is 8.90. The summed E-state index contributed by atoms with van der Waals surface area (Å²) in [6.45, 7) is 0.168. The van der Waals surface area contributed by atoms with Crippen LogP contribution in [-0.4, -0.2) is 24.8 Å². The first-order chi connectivity index (χ1) is 7.26. The summed E-state index contributed by atoms with van der Waals surface area (Å²) >= 11 is 0. The van der Waals surface area contributed by atoms with Crippen molar-refractivity contribution in [1.82, 2.24) is 0 Å². The Morgan fingerprint density at radius 2 is 1.73 bits per heavy atom. The lowest BCUT2D eigenvalue weighted by molar-refractivity contribution is -0.140. The molecule has 0 bridgehead atoms. The first-order valence-electron chi connectivity index (χ1n) is 5.01. The van der Waals surface area contributed by atoms with Crippen LogP contribution in [0.4, 0.5) is 0 Å². The Morgan fingerprint density at radius 1 is 1.20 bits per heavy atom. The second kappa shape index (κ2) is 6.19. The SMILES string of the molecule is COC(=O)CCc1ccc(CCO)cc1. The van der Waals surface area contributed by atoms with Crippen LogP contribution in [0, 0.1) is 0 Å². The highest BCUT2D eigenvalue weighted by Crippen LogP contribution is 2.07. The quantitative estimate of drug-likeness (QED) is 0.742. The average Bonchev–Trinajstić information content (AvgIpc) is 2.28. The van der Waals surface area contributed by atoms with Crippen LogP contribution in [0.3, 0.4) is 0 Å². The number of aliphatic hydroxyl groups excluding tert-OH is 1. The number of ether oxygens (including phenoxy) is 1. The van der Waals surface area contributed by atoms with Crippen molar-refractivity contribution in [3.05, 3.63) is 35.4 Å². The molecule has 0 aliphatic carbocycles. The zero-order chi connectivity index (χ0) is 11.1. The van der Waals surface area contributed by atoms with E-state index >= 15 is 0 Å². The molecule has 0 heterocycles. The van der Waals surface area contributed by atoms with E-state index in [0.29, 0.717) is 19.3 Å². The van der Waals surface area contributed by atoms with E-state index in [4.69, 9.17) is 5.11 Å². The first-order valence-corrected chi connectivity index (χ1v) is 5.01. The monoisotopic (exact) mass is 208 g/mol. The molecule has 0 aliphatic heterocycles. The van der Waals surface area contributed by atoms with Crippen molar-refractivity contribution in [3.63, 3.8) is 0 Å². The standard InChI is InChI=1S/C12H16O3/c1-15-12(14)7-6-10-2-4-11(5-3-10)8-9-13/h2-5,13H,6-9H2,1H3. The molecule has 1 aromatic rings. The molecule has 1 N–H and O–H groups in total. The van der Waals surface area contributed by atoms with Gasteiger partial charge >= 0.3 is 5.97 Å². The molecule has 82 valence electrons. The number of aryl methyl sites for hydroxylation is 1. The average molecular weight is 208 g/mol. The lowest BCUT2D eigenvalue weighted by atomic mass is 10.1. The molecule has 3 heteroatoms. The maximum absolute atomic E-state index is 10.9. The lowest BCUT2D eigenvalue weighted by Crippen LogP contribution is -2.01. The maximum Gasteiger partial charge on any atom is 0.305 e. The number of aliphatic hydroxyl groups is 1. The van der Waals surface area contributed by atoms with Gasteiger partial charge in [0, 0.05) is 13.0 Å². The minimum Gasteiger partial charge on any atom is -0.469 e. The van der Waals surface area contributed by atoms with Gasteiger partial charge < -0.3 is 9.84 Å². The number of methoxy groups -OCH3 is 1. The van der Waals surface area contributed by atoms with E-state index in [1.807, 2.05) is 24.3 Å². The van der Waals surface area contributed by atoms with Crippen molar-refractivity contribution < 1.29 is 14.6 Å². The molecular formula is C12H16O3. The first kappa shape index (κ1) is 11.7. The Bertz CT molecular complexity index is 303. The summed E-state index contributed by atoms with van der Waals surface area (Å²) in [6.07, 6.45) is 1.79. The van der Waals surface area contributed by atoms with Gasteiger partial charge in [-0.1, -0.05) is 24.3 Å². The van der Waals surface area contributed by atoms with Crippen molar-refractivity contribution >= 4 is 5.97 Å². The molecule has 0 amide bonds. The predicted octanol–water partition coefficient (Wildman–Crippen LogP) is 1.33. The topological polar surface area (TPSA) is 46.5 Å². The van der Waals surface area contributed by atoms with Gasteiger partial charge in [0.1, 0.15) is 0 Å². The second-order valence-corrected chi connectivity index (χ2v) is 3.37. The van der Waals surface area contributed by atoms with Crippen molar-refractivity contribution in [3.8, 4) is 0 Å². The van der Waals surface area contributed by atoms with E-state index in [1.54, 1.807) is 0 Å². The fourth-order valence-corrected chi connectivity index (χ4v) is 1.35. The summed E-state index contributed by atoms with van der Waals surface area (Å²) in [4.78, 5) is 10.9. The van der Waals surface area contributed by atoms with Crippen molar-refractivity contribution in [2.45, 2.75) is 19.3 Å². The van der Waals surface area contributed by atoms with E-state index in [-0.39, 0.29) is 12.6 Å². The Kier molecular flexibility index (Phi) is 4.84. The van der Waals surface area contributed by atoms with Gasteiger partial charge in [0.05, 0.1) is 7.11 Å². The fraction of sp³-hybridized carbons (Fsp3) is 0.417. The van der Waals surface area contributed by atoms with Gasteiger partial charge in [-0.25, -0.2) is 0 Å². The normalized spacial score (nSPS) is 10.0. The van der Waals surface area contributed by atoms with Crippen LogP contribution in [0.25, 0.3) is 0 Å². The fourth-order valence-electron chi connectivity index (χ4n) is 1.35. The van der Waals surface area contributed by atoms with Gasteiger partial charge in [0.2, 0.25) is 0 Å². The lowest BCUT2D eigenvalue weighted by Gasteiger charge is -2.02. The summed E-state index contributed by atoms with van der Waals surface area (Å²) in [6, 6.07) is 7.91. The summed E-state index contributed by atoms with van der Waals surface area (Å²) in [7, 11) is 1.40. The molecule has 0 aliphatic rings. The predicted molar refractivity (Wildman–Crippen MR) is 57.6 cm³/mol. The Labute approximate surface area is 89.7 Å². The molecule has 0 unspecified atom stereocenters. The van der Waals surface area contributed by atoms with E-state index in [0.717, 1.165) is 11.1 Å². The number of esters is 1. The van der Waals surface area contributed by atoms with E-state index < -0.39 is 0 Å². The van der Waals surface area contributed by atoms with Crippen molar-refractivity contribution in [2.75, 3.05) is 13.7 Å². The van der Waals surface area contributed by atoms with Crippen LogP contribution in [0.1, 0.15) is 17.5 Å². The molecule has 1 aromatic carbocycles. The Balaban J connectivity index is 2.45. The van der Waals surface area contributed by atoms with E-state index in [2.05, 4.69) is 4.74 Å². The number of hydrogen-bond acceptors (Lipinski definition) is 3. The van der Waals surface area contributed by atoms with Crippen molar-refractivity contribution in [2.24, 2.45) is 0 Å². The van der Waals surface area contributed by atoms with Gasteiger partial charge in [-0.05, 0) is 24.0 Å². The summed E-state index contributed by atoms with van der Waals surface area (Å²) in [5.41, 5.74) is 2.22. The third-order valence-electron chi connectivity index (χ3n) is 2.27. The third kappa shape index (κ3) is 4.13. The second-order valence-electron chi connectivity index (χ2n) is 3.37. The van der Waals surface area contributed by atoms with Crippen LogP contribution in [-0.2, 0) is 22.4 Å². The maximum atomic E-state index is 10.9. The molecule has 0 atom stereocenters. The molecule has 0 fully saturated rings. The van der Waals surface area contributed by atoms with Crippen LogP contribution in [0.5, 0.6) is 0 Å². The third-order valence-corrected chi connectivity index (χ3v) is 2.27. The number of hydrogen-bond donors (Lipinski definition) is 1. The minimum atomic E-state index is -0.186. The highest BCUT2D eigenvalue weighted by atomic mass is 16.5. The van der Waals surface area contributed by atoms with Gasteiger partial charge in [-0.2, -0.15) is 0 Å². The molecule has 0 saturated heterocycles. The molecule has 0 saturated carbocycles. The number of benzene rings is 1. The summed E-state index contributed by atoms with van der Waals surface area (Å²) in [5, 5.41) is 8.74. The van der Waals surface area contributed by atoms with Gasteiger partial charge in [-0.15, -0.1) is 0 Å². The molecule has 15 heavy (non-hydrogen) atoms. The van der Waals surface area contributed by atoms with Gasteiger partial charge in [-0.3, -0.25) is 4.79 Å². The molecule has 0 radical (unpaired) electrons. The van der Waals surface area contributed by atoms with E-state index in [9.17, 15) is 4.79 Å². The molecule has 1 rings (SSSR count). The largest absolute Gasteiger partial charge is 0.469 e. The highest BCUT2D eigenvalue weighted by Gasteiger charge is 2.01. The number of rotatable bonds is 5. The highest BCUT2D eigenvalue weighted by molar-refractivity contribution is 5.69. The molecule has 0 spiro atoms. The smallest absolute Gasteiger partial charge is 0.305 e. The summed E-state index contributed by atoms with van der Waals surface area (Å²) in [5.74, 6) is -0.186. The minimum absolute atomic E-state index is 0.168. The molecule has 3 nitrogen and oxygen atoms in total. The molecular weight excluding hydrogens is 192 g/mol. The Morgan fingerprint density at radius 3 is 2.20 bits per heavy atom. The van der Waals surface area contributed by atoms with Crippen LogP contribution in [0.15, 0.2) is 24.3 Å². The van der Waals surface area contributed by atoms with E-state index in [1.165, 1.54) is 7.11 Å². The Hall–Kier alpha value is -1.35. The summed E-state index contributed by atoms with van der Waals surface area (Å²) < 4.78 is 4.56. The van der Waals surface area contributed by atoms with Crippen LogP contribution >= 0.6 is 0 Å².